The highest BCUT2D eigenvalue weighted by Gasteiger charge is 1.98. The molecule has 0 aromatic rings. The van der Waals surface area contributed by atoms with E-state index in [1.165, 1.54) is 0 Å². The summed E-state index contributed by atoms with van der Waals surface area (Å²) in [6.45, 7) is 4.06. The monoisotopic (exact) mass is 134 g/mol. The molecule has 0 fully saturated rings. The number of carbonyl (C=O) groups is 1. The van der Waals surface area contributed by atoms with Gasteiger partial charge < -0.3 is 9.84 Å². The van der Waals surface area contributed by atoms with Crippen LogP contribution in [0.5, 0.6) is 0 Å². The molecule has 0 heterocycles. The van der Waals surface area contributed by atoms with Crippen molar-refractivity contribution in [2.75, 3.05) is 6.23 Å². The van der Waals surface area contributed by atoms with Gasteiger partial charge in [0.25, 0.3) is 0 Å². The first kappa shape index (κ1) is 7.49. The maximum absolute atomic E-state index is 9.70. The zero-order valence-corrected chi connectivity index (χ0v) is 6.20. The molecule has 0 radical (unpaired) electrons. The molecule has 0 bridgehead atoms. The minimum Gasteiger partial charge on any atom is -0.450 e. The first-order chi connectivity index (χ1) is 3.63. The van der Waals surface area contributed by atoms with E-state index in [-0.39, 0.29) is 0 Å². The van der Waals surface area contributed by atoms with E-state index >= 15 is 0 Å². The van der Waals surface area contributed by atoms with Gasteiger partial charge in [0, 0.05) is 0 Å². The summed E-state index contributed by atoms with van der Waals surface area (Å²) in [5.74, 6) is 0. The average Bonchev–Trinajstić information content (AvgIpc) is 1.61. The topological polar surface area (TPSA) is 46.5 Å². The fourth-order valence-electron chi connectivity index (χ4n) is 0.238. The van der Waals surface area contributed by atoms with E-state index in [0.717, 1.165) is 0 Å². The van der Waals surface area contributed by atoms with E-state index in [1.54, 1.807) is 0 Å². The van der Waals surface area contributed by atoms with E-state index in [0.29, 0.717) is 6.23 Å². The molecule has 3 nitrogen and oxygen atoms in total. The van der Waals surface area contributed by atoms with E-state index in [2.05, 4.69) is 4.74 Å². The number of hydrogen-bond donors (Lipinski definition) is 1. The summed E-state index contributed by atoms with van der Waals surface area (Å²) in [7, 11) is -0.830. The predicted molar refractivity (Wildman–Crippen MR) is 32.9 cm³/mol. The third-order valence-corrected chi connectivity index (χ3v) is 1.37. The first-order valence-electron chi connectivity index (χ1n) is 2.48. The van der Waals surface area contributed by atoms with Crippen molar-refractivity contribution in [1.82, 2.24) is 0 Å². The molecule has 0 saturated heterocycles. The van der Waals surface area contributed by atoms with Gasteiger partial charge in [-0.25, -0.2) is 4.79 Å². The molecule has 0 spiro atoms. The van der Waals surface area contributed by atoms with Crippen molar-refractivity contribution in [3.8, 4) is 0 Å². The summed E-state index contributed by atoms with van der Waals surface area (Å²) >= 11 is 0. The van der Waals surface area contributed by atoms with Crippen LogP contribution in [0.1, 0.15) is 0 Å². The van der Waals surface area contributed by atoms with Crippen molar-refractivity contribution in [3.05, 3.63) is 0 Å². The molecule has 0 rings (SSSR count). The second-order valence-corrected chi connectivity index (χ2v) is 5.09. The quantitative estimate of drug-likeness (QED) is 0.447. The first-order valence-corrected chi connectivity index (χ1v) is 5.61. The summed E-state index contributed by atoms with van der Waals surface area (Å²) in [5, 5.41) is 7.96. The van der Waals surface area contributed by atoms with E-state index in [4.69, 9.17) is 5.11 Å². The molecule has 0 unspecified atom stereocenters. The van der Waals surface area contributed by atoms with Gasteiger partial charge in [0.1, 0.15) is 0 Å². The molecule has 1 N–H and O–H groups in total. The molecule has 8 heavy (non-hydrogen) atoms. The second-order valence-electron chi connectivity index (χ2n) is 1.97. The minimum atomic E-state index is -1.16. The van der Waals surface area contributed by atoms with Gasteiger partial charge >= 0.3 is 6.16 Å². The van der Waals surface area contributed by atoms with E-state index in [9.17, 15) is 4.79 Å². The van der Waals surface area contributed by atoms with Crippen LogP contribution in [0, 0.1) is 0 Å². The molecule has 0 atom stereocenters. The lowest BCUT2D eigenvalue weighted by Crippen LogP contribution is -2.14. The van der Waals surface area contributed by atoms with Crippen LogP contribution in [-0.2, 0) is 4.74 Å². The van der Waals surface area contributed by atoms with Crippen molar-refractivity contribution in [1.29, 1.82) is 0 Å². The zero-order chi connectivity index (χ0) is 6.57. The Hall–Kier alpha value is -0.513. The number of rotatable bonds is 2. The second kappa shape index (κ2) is 3.48. The molecule has 0 aliphatic rings. The van der Waals surface area contributed by atoms with Crippen molar-refractivity contribution < 1.29 is 14.6 Å². The van der Waals surface area contributed by atoms with Crippen molar-refractivity contribution >= 4 is 15.0 Å². The lowest BCUT2D eigenvalue weighted by molar-refractivity contribution is 0.106. The molecule has 0 amide bonds. The van der Waals surface area contributed by atoms with E-state index < -0.39 is 15.0 Å². The number of ether oxygens (including phenoxy) is 1. The Kier molecular flexibility index (Phi) is 3.26. The van der Waals surface area contributed by atoms with Crippen molar-refractivity contribution in [2.24, 2.45) is 0 Å². The van der Waals surface area contributed by atoms with Crippen molar-refractivity contribution in [2.45, 2.75) is 13.1 Å². The van der Waals surface area contributed by atoms with Crippen LogP contribution >= 0.6 is 0 Å². The Bertz CT molecular complexity index is 81.4. The summed E-state index contributed by atoms with van der Waals surface area (Å²) in [5.41, 5.74) is 0. The van der Waals surface area contributed by atoms with Gasteiger partial charge in [-0.05, 0) is 0 Å². The molecular weight excluding hydrogens is 124 g/mol. The minimum absolute atomic E-state index is 0.426. The maximum atomic E-state index is 9.70. The van der Waals surface area contributed by atoms with Gasteiger partial charge in [0.2, 0.25) is 0 Å². The summed E-state index contributed by atoms with van der Waals surface area (Å²) in [4.78, 5) is 9.70. The van der Waals surface area contributed by atoms with Crippen molar-refractivity contribution in [3.63, 3.8) is 0 Å². The van der Waals surface area contributed by atoms with Gasteiger partial charge in [0.05, 0.1) is 15.0 Å². The highest BCUT2D eigenvalue weighted by Crippen LogP contribution is 1.81. The summed E-state index contributed by atoms with van der Waals surface area (Å²) in [6, 6.07) is 0. The maximum Gasteiger partial charge on any atom is 0.505 e. The lowest BCUT2D eigenvalue weighted by atomic mass is 11.4. The molecule has 0 aromatic heterocycles. The van der Waals surface area contributed by atoms with Gasteiger partial charge in [-0.1, -0.05) is 13.1 Å². The van der Waals surface area contributed by atoms with Crippen LogP contribution in [0.4, 0.5) is 4.79 Å². The molecule has 0 aromatic carbocycles. The fourth-order valence-corrected chi connectivity index (χ4v) is 0.714. The van der Waals surface area contributed by atoms with Gasteiger partial charge in [0.15, 0.2) is 0 Å². The third kappa shape index (κ3) is 5.49. The Labute approximate surface area is 49.9 Å². The lowest BCUT2D eigenvalue weighted by Gasteiger charge is -1.99. The predicted octanol–water partition coefficient (Wildman–Crippen LogP) is 0.707. The van der Waals surface area contributed by atoms with Crippen LogP contribution < -0.4 is 0 Å². The van der Waals surface area contributed by atoms with Gasteiger partial charge in [-0.3, -0.25) is 0 Å². The molecule has 0 aliphatic carbocycles. The molecule has 0 saturated carbocycles. The Morgan fingerprint density at radius 3 is 2.38 bits per heavy atom. The summed E-state index contributed by atoms with van der Waals surface area (Å²) in [6.07, 6.45) is -0.735. The normalized spacial score (nSPS) is 9.38. The smallest absolute Gasteiger partial charge is 0.450 e. The van der Waals surface area contributed by atoms with Crippen LogP contribution in [0.15, 0.2) is 0 Å². The Morgan fingerprint density at radius 1 is 1.75 bits per heavy atom. The van der Waals surface area contributed by atoms with Crippen LogP contribution in [-0.4, -0.2) is 26.3 Å². The highest BCUT2D eigenvalue weighted by molar-refractivity contribution is 6.55. The van der Waals surface area contributed by atoms with Crippen LogP contribution in [0.3, 0.4) is 0 Å². The molecule has 4 heteroatoms. The van der Waals surface area contributed by atoms with Gasteiger partial charge in [-0.15, -0.1) is 0 Å². The summed E-state index contributed by atoms with van der Waals surface area (Å²) < 4.78 is 4.28. The van der Waals surface area contributed by atoms with E-state index in [1.807, 2.05) is 13.1 Å². The highest BCUT2D eigenvalue weighted by atomic mass is 28.3. The average molecular weight is 134 g/mol. The number of hydrogen-bond acceptors (Lipinski definition) is 2. The molecular formula is C4H10O3Si. The SMILES string of the molecule is C[SiH](C)COC(=O)O. The Balaban J connectivity index is 3.05. The largest absolute Gasteiger partial charge is 0.505 e. The molecule has 48 valence electrons. The zero-order valence-electron chi connectivity index (χ0n) is 5.05. The Morgan fingerprint density at radius 2 is 2.25 bits per heavy atom. The van der Waals surface area contributed by atoms with Crippen LogP contribution in [0.2, 0.25) is 13.1 Å². The fraction of sp³-hybridized carbons (Fsp3) is 0.750. The van der Waals surface area contributed by atoms with Gasteiger partial charge in [-0.2, -0.15) is 0 Å². The molecule has 0 aliphatic heterocycles. The standard InChI is InChI=1S/C4H10O3Si/c1-8(2)3-7-4(5)6/h8H,3H2,1-2H3,(H,5,6). The number of carboxylic acid groups (broad SMARTS) is 1. The van der Waals surface area contributed by atoms with Crippen LogP contribution in [0.25, 0.3) is 0 Å². The third-order valence-electron chi connectivity index (χ3n) is 0.540.